The Hall–Kier alpha value is -0.730. The summed E-state index contributed by atoms with van der Waals surface area (Å²) in [6.45, 7) is 4.59. The molecule has 0 radical (unpaired) electrons. The van der Waals surface area contributed by atoms with Gasteiger partial charge in [0.05, 0.1) is 0 Å². The van der Waals surface area contributed by atoms with Gasteiger partial charge < -0.3 is 0 Å². The summed E-state index contributed by atoms with van der Waals surface area (Å²) in [5.74, 6) is 0. The summed E-state index contributed by atoms with van der Waals surface area (Å²) in [4.78, 5) is 1.09. The third-order valence-electron chi connectivity index (χ3n) is 6.22. The zero-order valence-electron chi connectivity index (χ0n) is 16.9. The number of thiol groups is 1. The number of unbranched alkanes of at least 4 members (excludes halogenated alkanes) is 6. The van der Waals surface area contributed by atoms with E-state index in [9.17, 15) is 0 Å². The molecule has 1 aliphatic carbocycles. The summed E-state index contributed by atoms with van der Waals surface area (Å²) in [6.07, 6.45) is 13.1. The lowest BCUT2D eigenvalue weighted by atomic mass is 9.70. The Kier molecular flexibility index (Phi) is 7.50. The fraction of sp³-hybridized carbons (Fsp3) is 0.520. The maximum Gasteiger partial charge on any atom is 0.0216 e. The molecule has 0 atom stereocenters. The third-order valence-corrected chi connectivity index (χ3v) is 6.99. The Bertz CT molecular complexity index is 699. The van der Waals surface area contributed by atoms with Gasteiger partial charge in [-0.15, -0.1) is 12.6 Å². The van der Waals surface area contributed by atoms with Crippen LogP contribution in [0.3, 0.4) is 0 Å². The van der Waals surface area contributed by atoms with E-state index >= 15 is 0 Å². The summed E-state index contributed by atoms with van der Waals surface area (Å²) in [6, 6.07) is 13.7. The maximum absolute atomic E-state index is 4.70. The van der Waals surface area contributed by atoms with Gasteiger partial charge in [0.15, 0.2) is 0 Å². The summed E-state index contributed by atoms with van der Waals surface area (Å²) >= 11 is 8.45. The van der Waals surface area contributed by atoms with Crippen LogP contribution >= 0.6 is 28.6 Å². The zero-order chi connectivity index (χ0) is 19.3. The average Bonchev–Trinajstić information content (AvgIpc) is 2.92. The Balaban J connectivity index is 2.03. The van der Waals surface area contributed by atoms with Crippen LogP contribution in [0.25, 0.3) is 11.1 Å². The van der Waals surface area contributed by atoms with Crippen molar-refractivity contribution in [2.75, 3.05) is 0 Å². The number of benzene rings is 2. The van der Waals surface area contributed by atoms with Crippen LogP contribution in [0.4, 0.5) is 0 Å². The number of hydrogen-bond donors (Lipinski definition) is 1. The van der Waals surface area contributed by atoms with Crippen molar-refractivity contribution in [2.45, 2.75) is 88.4 Å². The van der Waals surface area contributed by atoms with Gasteiger partial charge in [-0.1, -0.05) is 93.3 Å². The van der Waals surface area contributed by atoms with Crippen molar-refractivity contribution < 1.29 is 0 Å². The van der Waals surface area contributed by atoms with Crippen LogP contribution in [0.15, 0.2) is 45.8 Å². The molecule has 0 fully saturated rings. The van der Waals surface area contributed by atoms with Crippen molar-refractivity contribution >= 4 is 28.6 Å². The Morgan fingerprint density at radius 3 is 1.89 bits per heavy atom. The largest absolute Gasteiger partial charge is 0.143 e. The van der Waals surface area contributed by atoms with E-state index in [0.29, 0.717) is 0 Å². The third kappa shape index (κ3) is 4.48. The van der Waals surface area contributed by atoms with E-state index in [2.05, 4.69) is 66.2 Å². The minimum atomic E-state index is 0.161. The molecular weight excluding hydrogens is 412 g/mol. The summed E-state index contributed by atoms with van der Waals surface area (Å²) in [7, 11) is 0. The van der Waals surface area contributed by atoms with Crippen molar-refractivity contribution in [1.82, 2.24) is 0 Å². The molecule has 0 nitrogen and oxygen atoms in total. The minimum absolute atomic E-state index is 0.161. The first-order chi connectivity index (χ1) is 13.1. The summed E-state index contributed by atoms with van der Waals surface area (Å²) < 4.78 is 1.20. The van der Waals surface area contributed by atoms with Crippen LogP contribution in [0.1, 0.15) is 89.2 Å². The van der Waals surface area contributed by atoms with Gasteiger partial charge in [0.1, 0.15) is 0 Å². The smallest absolute Gasteiger partial charge is 0.0216 e. The second-order valence-corrected chi connectivity index (χ2v) is 9.56. The van der Waals surface area contributed by atoms with E-state index in [0.717, 1.165) is 4.90 Å². The van der Waals surface area contributed by atoms with Crippen molar-refractivity contribution in [3.05, 3.63) is 52.0 Å². The van der Waals surface area contributed by atoms with Gasteiger partial charge in [-0.05, 0) is 59.4 Å². The highest BCUT2D eigenvalue weighted by Crippen LogP contribution is 2.55. The second kappa shape index (κ2) is 9.65. The van der Waals surface area contributed by atoms with Crippen molar-refractivity contribution in [2.24, 2.45) is 0 Å². The molecule has 0 unspecified atom stereocenters. The molecule has 1 aliphatic rings. The number of hydrogen-bond acceptors (Lipinski definition) is 1. The van der Waals surface area contributed by atoms with Gasteiger partial charge in [-0.3, -0.25) is 0 Å². The molecule has 0 N–H and O–H groups in total. The molecule has 0 aliphatic heterocycles. The normalized spacial score (nSPS) is 14.2. The highest BCUT2D eigenvalue weighted by atomic mass is 79.9. The van der Waals surface area contributed by atoms with Crippen LogP contribution in [0.5, 0.6) is 0 Å². The van der Waals surface area contributed by atoms with Crippen molar-refractivity contribution in [1.29, 1.82) is 0 Å². The fourth-order valence-electron chi connectivity index (χ4n) is 4.83. The fourth-order valence-corrected chi connectivity index (χ4v) is 5.39. The standard InChI is InChI=1S/C25H33BrS/c1-3-5-7-9-15-25(16-10-8-6-4-2)23-17-19(26)11-13-21(23)22-14-12-20(27)18-24(22)25/h11-14,17-18,27H,3-10,15-16H2,1-2H3. The molecule has 2 aromatic carbocycles. The molecule has 2 heteroatoms. The first kappa shape index (κ1) is 21.0. The SMILES string of the molecule is CCCCCCC1(CCCCCC)c2cc(S)ccc2-c2ccc(Br)cc21. The quantitative estimate of drug-likeness (QED) is 0.274. The van der Waals surface area contributed by atoms with Gasteiger partial charge in [0.2, 0.25) is 0 Å². The van der Waals surface area contributed by atoms with Crippen LogP contribution in [0, 0.1) is 0 Å². The van der Waals surface area contributed by atoms with E-state index in [4.69, 9.17) is 12.6 Å². The minimum Gasteiger partial charge on any atom is -0.143 e. The van der Waals surface area contributed by atoms with Crippen LogP contribution in [-0.4, -0.2) is 0 Å². The first-order valence-electron chi connectivity index (χ1n) is 10.8. The van der Waals surface area contributed by atoms with E-state index in [1.165, 1.54) is 85.4 Å². The predicted molar refractivity (Wildman–Crippen MR) is 125 cm³/mol. The van der Waals surface area contributed by atoms with Gasteiger partial charge in [0.25, 0.3) is 0 Å². The molecule has 0 spiro atoms. The molecule has 0 bridgehead atoms. The summed E-state index contributed by atoms with van der Waals surface area (Å²) in [5, 5.41) is 0. The van der Waals surface area contributed by atoms with Gasteiger partial charge in [-0.2, -0.15) is 0 Å². The zero-order valence-corrected chi connectivity index (χ0v) is 19.3. The molecule has 146 valence electrons. The molecule has 2 aromatic rings. The Labute approximate surface area is 179 Å². The highest BCUT2D eigenvalue weighted by Gasteiger charge is 2.42. The van der Waals surface area contributed by atoms with E-state index in [1.807, 2.05) is 0 Å². The average molecular weight is 446 g/mol. The van der Waals surface area contributed by atoms with Gasteiger partial charge in [-0.25, -0.2) is 0 Å². The Morgan fingerprint density at radius 1 is 0.741 bits per heavy atom. The van der Waals surface area contributed by atoms with Gasteiger partial charge in [0, 0.05) is 14.8 Å². The highest BCUT2D eigenvalue weighted by molar-refractivity contribution is 9.10. The van der Waals surface area contributed by atoms with Crippen LogP contribution in [-0.2, 0) is 5.41 Å². The maximum atomic E-state index is 4.70. The van der Waals surface area contributed by atoms with E-state index < -0.39 is 0 Å². The lowest BCUT2D eigenvalue weighted by molar-refractivity contribution is 0.400. The van der Waals surface area contributed by atoms with E-state index in [1.54, 1.807) is 5.56 Å². The Morgan fingerprint density at radius 2 is 1.30 bits per heavy atom. The molecule has 27 heavy (non-hydrogen) atoms. The second-order valence-electron chi connectivity index (χ2n) is 8.12. The topological polar surface area (TPSA) is 0 Å². The lowest BCUT2D eigenvalue weighted by Gasteiger charge is -2.33. The monoisotopic (exact) mass is 444 g/mol. The molecule has 0 aromatic heterocycles. The molecule has 3 rings (SSSR count). The van der Waals surface area contributed by atoms with Crippen LogP contribution in [0.2, 0.25) is 0 Å². The van der Waals surface area contributed by atoms with E-state index in [-0.39, 0.29) is 5.41 Å². The molecule has 0 heterocycles. The number of halogens is 1. The first-order valence-corrected chi connectivity index (χ1v) is 12.0. The molecule has 0 saturated heterocycles. The lowest BCUT2D eigenvalue weighted by Crippen LogP contribution is -2.25. The van der Waals surface area contributed by atoms with Crippen molar-refractivity contribution in [3.8, 4) is 11.1 Å². The summed E-state index contributed by atoms with van der Waals surface area (Å²) in [5.41, 5.74) is 6.10. The molecule has 0 saturated carbocycles. The number of rotatable bonds is 10. The number of fused-ring (bicyclic) bond motifs is 3. The van der Waals surface area contributed by atoms with Crippen molar-refractivity contribution in [3.63, 3.8) is 0 Å². The van der Waals surface area contributed by atoms with Crippen LogP contribution < -0.4 is 0 Å². The predicted octanol–water partition coefficient (Wildman–Crippen LogP) is 8.95. The molecular formula is C25H33BrS. The molecule has 0 amide bonds. The van der Waals surface area contributed by atoms with Gasteiger partial charge >= 0.3 is 0 Å².